The van der Waals surface area contributed by atoms with Crippen LogP contribution in [0.1, 0.15) is 37.1 Å². The quantitative estimate of drug-likeness (QED) is 0.758. The van der Waals surface area contributed by atoms with E-state index in [-0.39, 0.29) is 18.1 Å². The molecule has 2 heterocycles. The molecule has 1 aromatic carbocycles. The van der Waals surface area contributed by atoms with Crippen LogP contribution in [-0.4, -0.2) is 38.9 Å². The lowest BCUT2D eigenvalue weighted by atomic mass is 9.91. The van der Waals surface area contributed by atoms with Crippen LogP contribution in [0.4, 0.5) is 16.4 Å². The first-order valence-corrected chi connectivity index (χ1v) is 9.48. The topological polar surface area (TPSA) is 84.1 Å². The van der Waals surface area contributed by atoms with Gasteiger partial charge in [-0.3, -0.25) is 10.3 Å². The average Bonchev–Trinajstić information content (AvgIpc) is 2.99. The molecule has 2 amide bonds. The van der Waals surface area contributed by atoms with Crippen LogP contribution in [0, 0.1) is 13.8 Å². The number of rotatable bonds is 2. The van der Waals surface area contributed by atoms with Gasteiger partial charge in [0, 0.05) is 17.1 Å². The smallest absolute Gasteiger partial charge is 0.294 e. The highest BCUT2D eigenvalue weighted by atomic mass is 16.2. The van der Waals surface area contributed by atoms with Crippen molar-refractivity contribution in [1.82, 2.24) is 14.9 Å². The van der Waals surface area contributed by atoms with Crippen LogP contribution in [0.2, 0.25) is 0 Å². The van der Waals surface area contributed by atoms with Gasteiger partial charge in [-0.05, 0) is 57.7 Å². The Bertz CT molecular complexity index is 846. The number of hydrogen-bond donors (Lipinski definition) is 3. The van der Waals surface area contributed by atoms with Crippen LogP contribution in [0.3, 0.4) is 0 Å². The van der Waals surface area contributed by atoms with E-state index in [4.69, 9.17) is 0 Å². The lowest BCUT2D eigenvalue weighted by molar-refractivity contribution is -0.498. The first-order chi connectivity index (χ1) is 13.1. The van der Waals surface area contributed by atoms with E-state index in [1.165, 1.54) is 6.42 Å². The SMILES string of the molecule is Cc1cc(C)nc(NC2=[NH+][C@H]3CCCC[C@H]3N2C(=O)Nc2ccccc2)n1. The number of hydrogen-bond acceptors (Lipinski definition) is 4. The van der Waals surface area contributed by atoms with Gasteiger partial charge in [0.25, 0.3) is 5.95 Å². The lowest BCUT2D eigenvalue weighted by Crippen LogP contribution is -2.79. The average molecular weight is 365 g/mol. The van der Waals surface area contributed by atoms with Crippen molar-refractivity contribution in [3.8, 4) is 0 Å². The number of benzene rings is 1. The Kier molecular flexibility index (Phi) is 4.75. The molecular weight excluding hydrogens is 340 g/mol. The van der Waals surface area contributed by atoms with Crippen molar-refractivity contribution in [1.29, 1.82) is 0 Å². The van der Waals surface area contributed by atoms with E-state index in [1.54, 1.807) is 4.90 Å². The second-order valence-corrected chi connectivity index (χ2v) is 7.22. The predicted molar refractivity (Wildman–Crippen MR) is 104 cm³/mol. The van der Waals surface area contributed by atoms with Crippen molar-refractivity contribution in [3.63, 3.8) is 0 Å². The van der Waals surface area contributed by atoms with Gasteiger partial charge in [-0.1, -0.05) is 18.2 Å². The third kappa shape index (κ3) is 3.77. The van der Waals surface area contributed by atoms with Crippen LogP contribution in [-0.2, 0) is 0 Å². The predicted octanol–water partition coefficient (Wildman–Crippen LogP) is 1.80. The molecule has 0 spiro atoms. The maximum atomic E-state index is 13.1. The number of carbonyl (C=O) groups is 1. The molecule has 1 fully saturated rings. The van der Waals surface area contributed by atoms with Gasteiger partial charge in [-0.2, -0.15) is 4.90 Å². The number of para-hydroxylation sites is 1. The van der Waals surface area contributed by atoms with E-state index in [0.717, 1.165) is 36.3 Å². The number of nitrogens with zero attached hydrogens (tertiary/aromatic N) is 3. The standard InChI is InChI=1S/C20H24N6O/c1-13-12-14(2)22-18(21-13)25-19-24-16-10-6-7-11-17(16)26(19)20(27)23-15-8-4-3-5-9-15/h3-5,8-9,12,16-17H,6-7,10-11H2,1-2H3,(H,23,27)(H,21,22,24,25)/p+1/t16-,17+/m0/s1. The Morgan fingerprint density at radius 2 is 1.81 bits per heavy atom. The molecule has 27 heavy (non-hydrogen) atoms. The molecule has 1 saturated carbocycles. The number of aryl methyl sites for hydroxylation is 2. The summed E-state index contributed by atoms with van der Waals surface area (Å²) in [5, 5.41) is 6.24. The third-order valence-corrected chi connectivity index (χ3v) is 5.08. The minimum atomic E-state index is -0.144. The molecule has 4 rings (SSSR count). The molecule has 2 atom stereocenters. The number of aromatic nitrogens is 2. The zero-order valence-corrected chi connectivity index (χ0v) is 15.7. The van der Waals surface area contributed by atoms with Crippen LogP contribution < -0.4 is 15.6 Å². The Morgan fingerprint density at radius 3 is 2.56 bits per heavy atom. The fourth-order valence-electron chi connectivity index (χ4n) is 3.94. The monoisotopic (exact) mass is 365 g/mol. The lowest BCUT2D eigenvalue weighted by Gasteiger charge is -2.26. The molecule has 7 nitrogen and oxygen atoms in total. The summed E-state index contributed by atoms with van der Waals surface area (Å²) in [5.41, 5.74) is 2.56. The fourth-order valence-corrected chi connectivity index (χ4v) is 3.94. The van der Waals surface area contributed by atoms with Gasteiger partial charge < -0.3 is 0 Å². The Morgan fingerprint density at radius 1 is 1.11 bits per heavy atom. The third-order valence-electron chi connectivity index (χ3n) is 5.08. The second kappa shape index (κ2) is 7.34. The molecule has 1 aromatic heterocycles. The van der Waals surface area contributed by atoms with Crippen LogP contribution >= 0.6 is 0 Å². The molecule has 0 unspecified atom stereocenters. The molecule has 0 saturated heterocycles. The molecule has 2 aliphatic rings. The number of guanidine groups is 1. The van der Waals surface area contributed by atoms with Crippen LogP contribution in [0.5, 0.6) is 0 Å². The Labute approximate surface area is 158 Å². The highest BCUT2D eigenvalue weighted by Crippen LogP contribution is 2.24. The summed E-state index contributed by atoms with van der Waals surface area (Å²) in [4.78, 5) is 27.3. The van der Waals surface area contributed by atoms with Gasteiger partial charge in [-0.25, -0.2) is 20.1 Å². The van der Waals surface area contributed by atoms with E-state index < -0.39 is 0 Å². The summed E-state index contributed by atoms with van der Waals surface area (Å²) in [7, 11) is 0. The van der Waals surface area contributed by atoms with Crippen molar-refractivity contribution in [2.75, 3.05) is 10.6 Å². The van der Waals surface area contributed by atoms with E-state index in [9.17, 15) is 4.79 Å². The normalized spacial score (nSPS) is 21.4. The maximum Gasteiger partial charge on any atom is 0.386 e. The van der Waals surface area contributed by atoms with Crippen molar-refractivity contribution < 1.29 is 9.79 Å². The van der Waals surface area contributed by atoms with Gasteiger partial charge in [0.05, 0.1) is 0 Å². The maximum absolute atomic E-state index is 13.1. The number of amides is 2. The van der Waals surface area contributed by atoms with Crippen molar-refractivity contribution in [2.24, 2.45) is 0 Å². The highest BCUT2D eigenvalue weighted by Gasteiger charge is 2.47. The molecule has 140 valence electrons. The molecule has 1 aliphatic heterocycles. The molecule has 0 bridgehead atoms. The van der Waals surface area contributed by atoms with Gasteiger partial charge in [0.15, 0.2) is 0 Å². The molecule has 2 aromatic rings. The summed E-state index contributed by atoms with van der Waals surface area (Å²) in [6.45, 7) is 3.87. The zero-order valence-electron chi connectivity index (χ0n) is 15.7. The van der Waals surface area contributed by atoms with Crippen molar-refractivity contribution in [2.45, 2.75) is 51.6 Å². The van der Waals surface area contributed by atoms with E-state index in [2.05, 4.69) is 25.6 Å². The number of urea groups is 1. The van der Waals surface area contributed by atoms with Crippen LogP contribution in [0.25, 0.3) is 0 Å². The fraction of sp³-hybridized carbons (Fsp3) is 0.400. The molecule has 3 N–H and O–H groups in total. The van der Waals surface area contributed by atoms with Gasteiger partial charge in [0.2, 0.25) is 0 Å². The first-order valence-electron chi connectivity index (χ1n) is 9.48. The minimum absolute atomic E-state index is 0.135. The van der Waals surface area contributed by atoms with E-state index in [1.807, 2.05) is 50.2 Å². The van der Waals surface area contributed by atoms with Gasteiger partial charge in [0.1, 0.15) is 12.1 Å². The number of fused-ring (bicyclic) bond motifs is 1. The largest absolute Gasteiger partial charge is 0.386 e. The van der Waals surface area contributed by atoms with E-state index in [0.29, 0.717) is 11.9 Å². The molecule has 0 radical (unpaired) electrons. The Balaban J connectivity index is 1.59. The summed E-state index contributed by atoms with van der Waals surface area (Å²) < 4.78 is 0. The molecule has 7 heteroatoms. The number of carbonyl (C=O) groups excluding carboxylic acids is 1. The number of nitrogens with one attached hydrogen (secondary N) is 3. The summed E-state index contributed by atoms with van der Waals surface area (Å²) >= 11 is 0. The molecular formula is C20H25N6O+. The zero-order chi connectivity index (χ0) is 18.8. The van der Waals surface area contributed by atoms with Gasteiger partial charge in [-0.15, -0.1) is 0 Å². The Hall–Kier alpha value is -2.96. The highest BCUT2D eigenvalue weighted by molar-refractivity contribution is 6.05. The first kappa shape index (κ1) is 17.5. The number of anilines is 2. The summed E-state index contributed by atoms with van der Waals surface area (Å²) in [6, 6.07) is 11.7. The summed E-state index contributed by atoms with van der Waals surface area (Å²) in [5.74, 6) is 1.16. The van der Waals surface area contributed by atoms with Crippen LogP contribution in [0.15, 0.2) is 36.4 Å². The summed E-state index contributed by atoms with van der Waals surface area (Å²) in [6.07, 6.45) is 4.35. The van der Waals surface area contributed by atoms with E-state index >= 15 is 0 Å². The molecule has 1 aliphatic carbocycles. The van der Waals surface area contributed by atoms with Crippen molar-refractivity contribution >= 4 is 23.6 Å². The van der Waals surface area contributed by atoms with Crippen molar-refractivity contribution in [3.05, 3.63) is 47.8 Å². The minimum Gasteiger partial charge on any atom is -0.294 e. The van der Waals surface area contributed by atoms with Gasteiger partial charge >= 0.3 is 12.0 Å². The second-order valence-electron chi connectivity index (χ2n) is 7.22.